The average molecular weight is 826 g/mol. The number of nitrogens with two attached hydrogens (primary N) is 1. The lowest BCUT2D eigenvalue weighted by molar-refractivity contribution is 1.29. The molecular formula is C54H37BrN2S. The quantitative estimate of drug-likeness (QED) is 0.122. The third kappa shape index (κ3) is 6.87. The summed E-state index contributed by atoms with van der Waals surface area (Å²) in [6.07, 6.45) is 2.16. The molecule has 0 spiro atoms. The summed E-state index contributed by atoms with van der Waals surface area (Å²) in [7, 11) is 0. The summed E-state index contributed by atoms with van der Waals surface area (Å²) >= 11 is 5.72. The molecule has 0 bridgehead atoms. The highest BCUT2D eigenvalue weighted by molar-refractivity contribution is 9.15. The zero-order valence-electron chi connectivity index (χ0n) is 31.5. The molecule has 0 unspecified atom stereocenters. The van der Waals surface area contributed by atoms with E-state index in [0.29, 0.717) is 0 Å². The number of thiophene rings is 1. The van der Waals surface area contributed by atoms with Crippen LogP contribution in [0, 0.1) is 0 Å². The van der Waals surface area contributed by atoms with E-state index < -0.39 is 0 Å². The average Bonchev–Trinajstić information content (AvgIpc) is 3.65. The lowest BCUT2D eigenvalue weighted by Gasteiger charge is -2.26. The molecule has 2 nitrogen and oxygen atoms in total. The Hall–Kier alpha value is -6.72. The van der Waals surface area contributed by atoms with Gasteiger partial charge in [-0.3, -0.25) is 0 Å². The minimum atomic E-state index is 0.728. The maximum absolute atomic E-state index is 6.56. The summed E-state index contributed by atoms with van der Waals surface area (Å²) in [6.45, 7) is 0. The van der Waals surface area contributed by atoms with Gasteiger partial charge < -0.3 is 10.6 Å². The van der Waals surface area contributed by atoms with Crippen molar-refractivity contribution < 1.29 is 0 Å². The second-order valence-electron chi connectivity index (χ2n) is 14.5. The van der Waals surface area contributed by atoms with Crippen LogP contribution in [0.1, 0.15) is 11.1 Å². The van der Waals surface area contributed by atoms with E-state index in [1.165, 1.54) is 42.1 Å². The molecule has 0 aliphatic heterocycles. The Kier molecular flexibility index (Phi) is 9.42. The Morgan fingerprint density at radius 2 is 0.983 bits per heavy atom. The normalized spacial score (nSPS) is 11.7. The molecule has 0 atom stereocenters. The lowest BCUT2D eigenvalue weighted by atomic mass is 9.97. The van der Waals surface area contributed by atoms with Crippen molar-refractivity contribution in [2.45, 2.75) is 0 Å². The van der Waals surface area contributed by atoms with Gasteiger partial charge in [0.05, 0.1) is 0 Å². The van der Waals surface area contributed by atoms with E-state index in [1.807, 2.05) is 17.4 Å². The number of fused-ring (bicyclic) bond motifs is 4. The topological polar surface area (TPSA) is 29.3 Å². The van der Waals surface area contributed by atoms with Crippen LogP contribution >= 0.6 is 27.3 Å². The largest absolute Gasteiger partial charge is 0.398 e. The first-order chi connectivity index (χ1) is 28.6. The first-order valence-electron chi connectivity index (χ1n) is 19.4. The highest BCUT2D eigenvalue weighted by atomic mass is 79.9. The van der Waals surface area contributed by atoms with Crippen molar-refractivity contribution in [1.82, 2.24) is 0 Å². The van der Waals surface area contributed by atoms with Crippen LogP contribution in [0.4, 0.5) is 22.7 Å². The van der Waals surface area contributed by atoms with E-state index >= 15 is 0 Å². The number of benzene rings is 9. The van der Waals surface area contributed by atoms with Gasteiger partial charge in [0, 0.05) is 53.0 Å². The molecule has 0 radical (unpaired) electrons. The fourth-order valence-corrected chi connectivity index (χ4v) is 9.68. The molecule has 1 aromatic heterocycles. The Bertz CT molecular complexity index is 3120. The molecule has 0 saturated heterocycles. The van der Waals surface area contributed by atoms with Crippen LogP contribution in [0.2, 0.25) is 0 Å². The van der Waals surface area contributed by atoms with Gasteiger partial charge in [-0.2, -0.15) is 0 Å². The third-order valence-corrected chi connectivity index (χ3v) is 12.7. The standard InChI is InChI=1S/C54H37BrN2S/c55-51(34-43-15-8-13-40-12-4-5-17-47(40)43)50-33-42(26-31-52(50)56)39-22-20-38(21-23-39)41-14-9-16-45(32-41)57(44-27-24-37(25-28-44)36-10-2-1-3-11-36)46-29-30-49-48-18-6-7-19-53(48)58-54(49)35-46/h1-35H,56H2/b51-34-. The first-order valence-corrected chi connectivity index (χ1v) is 21.0. The van der Waals surface area contributed by atoms with Gasteiger partial charge in [0.25, 0.3) is 0 Å². The third-order valence-electron chi connectivity index (χ3n) is 10.9. The van der Waals surface area contributed by atoms with Crippen molar-refractivity contribution in [3.8, 4) is 33.4 Å². The highest BCUT2D eigenvalue weighted by Crippen LogP contribution is 2.42. The van der Waals surface area contributed by atoms with Gasteiger partial charge in [-0.1, -0.05) is 168 Å². The fourth-order valence-electron chi connectivity index (χ4n) is 7.95. The van der Waals surface area contributed by atoms with Gasteiger partial charge in [0.2, 0.25) is 0 Å². The van der Waals surface area contributed by atoms with Gasteiger partial charge in [-0.15, -0.1) is 11.3 Å². The van der Waals surface area contributed by atoms with Crippen LogP contribution in [0.15, 0.2) is 206 Å². The molecule has 10 rings (SSSR count). The number of halogens is 1. The van der Waals surface area contributed by atoms with E-state index in [2.05, 4.69) is 227 Å². The van der Waals surface area contributed by atoms with Crippen LogP contribution in [0.3, 0.4) is 0 Å². The number of hydrogen-bond acceptors (Lipinski definition) is 3. The van der Waals surface area contributed by atoms with E-state index in [9.17, 15) is 0 Å². The van der Waals surface area contributed by atoms with Crippen molar-refractivity contribution in [1.29, 1.82) is 0 Å². The van der Waals surface area contributed by atoms with Gasteiger partial charge in [0.15, 0.2) is 0 Å². The Labute approximate surface area is 350 Å². The van der Waals surface area contributed by atoms with E-state index in [-0.39, 0.29) is 0 Å². The Morgan fingerprint density at radius 1 is 0.431 bits per heavy atom. The van der Waals surface area contributed by atoms with Gasteiger partial charge in [0.1, 0.15) is 0 Å². The number of rotatable bonds is 8. The summed E-state index contributed by atoms with van der Waals surface area (Å²) < 4.78 is 3.53. The molecule has 0 amide bonds. The van der Waals surface area contributed by atoms with Crippen LogP contribution in [-0.2, 0) is 0 Å². The molecule has 58 heavy (non-hydrogen) atoms. The summed E-state index contributed by atoms with van der Waals surface area (Å²) in [6, 6.07) is 73.8. The summed E-state index contributed by atoms with van der Waals surface area (Å²) in [4.78, 5) is 2.37. The van der Waals surface area contributed by atoms with Crippen LogP contribution in [0.25, 0.3) is 74.9 Å². The van der Waals surface area contributed by atoms with Gasteiger partial charge in [-0.25, -0.2) is 0 Å². The molecule has 276 valence electrons. The number of anilines is 4. The maximum atomic E-state index is 6.56. The molecule has 0 fully saturated rings. The fraction of sp³-hybridized carbons (Fsp3) is 0. The van der Waals surface area contributed by atoms with Gasteiger partial charge in [-0.05, 0) is 110 Å². The predicted octanol–water partition coefficient (Wildman–Crippen LogP) is 16.2. The molecular weight excluding hydrogens is 789 g/mol. The van der Waals surface area contributed by atoms with Crippen LogP contribution in [0.5, 0.6) is 0 Å². The highest BCUT2D eigenvalue weighted by Gasteiger charge is 2.16. The van der Waals surface area contributed by atoms with Crippen molar-refractivity contribution in [2.75, 3.05) is 10.6 Å². The molecule has 4 heteroatoms. The second-order valence-corrected chi connectivity index (χ2v) is 16.5. The van der Waals surface area contributed by atoms with Crippen LogP contribution in [-0.4, -0.2) is 0 Å². The molecule has 10 aromatic rings. The van der Waals surface area contributed by atoms with Crippen molar-refractivity contribution in [2.24, 2.45) is 0 Å². The number of hydrogen-bond donors (Lipinski definition) is 1. The van der Waals surface area contributed by atoms with Crippen molar-refractivity contribution >= 4 is 91.5 Å². The van der Waals surface area contributed by atoms with E-state index in [4.69, 9.17) is 5.73 Å². The molecule has 1 heterocycles. The Morgan fingerprint density at radius 3 is 1.79 bits per heavy atom. The minimum absolute atomic E-state index is 0.728. The number of nitrogen functional groups attached to an aromatic ring is 1. The summed E-state index contributed by atoms with van der Waals surface area (Å²) in [5.41, 5.74) is 19.7. The predicted molar refractivity (Wildman–Crippen MR) is 255 cm³/mol. The number of nitrogens with zero attached hydrogens (tertiary/aromatic N) is 1. The molecule has 0 saturated carbocycles. The SMILES string of the molecule is Nc1ccc(-c2ccc(-c3cccc(N(c4ccc(-c5ccccc5)cc4)c4ccc5c(c4)sc4ccccc45)c3)cc2)cc1/C(Br)=C/c1cccc2ccccc12. The first kappa shape index (κ1) is 35.7. The second kappa shape index (κ2) is 15.3. The van der Waals surface area contributed by atoms with Crippen molar-refractivity contribution in [3.63, 3.8) is 0 Å². The molecule has 0 aliphatic rings. The zero-order valence-corrected chi connectivity index (χ0v) is 33.9. The zero-order chi connectivity index (χ0) is 39.0. The minimum Gasteiger partial charge on any atom is -0.398 e. The summed E-state index contributed by atoms with van der Waals surface area (Å²) in [5, 5.41) is 5.01. The van der Waals surface area contributed by atoms with E-state index in [0.717, 1.165) is 60.6 Å². The van der Waals surface area contributed by atoms with Crippen LogP contribution < -0.4 is 10.6 Å². The lowest BCUT2D eigenvalue weighted by Crippen LogP contribution is -2.09. The van der Waals surface area contributed by atoms with E-state index in [1.54, 1.807) is 0 Å². The monoisotopic (exact) mass is 824 g/mol. The maximum Gasteiger partial charge on any atom is 0.0476 e. The molecule has 9 aromatic carbocycles. The van der Waals surface area contributed by atoms with Crippen molar-refractivity contribution in [3.05, 3.63) is 217 Å². The molecule has 0 aliphatic carbocycles. The Balaban J connectivity index is 0.988. The van der Waals surface area contributed by atoms with Gasteiger partial charge >= 0.3 is 0 Å². The smallest absolute Gasteiger partial charge is 0.0476 e. The molecule has 2 N–H and O–H groups in total. The summed E-state index contributed by atoms with van der Waals surface area (Å²) in [5.74, 6) is 0.